The second-order valence-electron chi connectivity index (χ2n) is 6.40. The van der Waals surface area contributed by atoms with Gasteiger partial charge in [0.05, 0.1) is 0 Å². The molecular weight excluding hydrogens is 278 g/mol. The summed E-state index contributed by atoms with van der Waals surface area (Å²) < 4.78 is 0. The van der Waals surface area contributed by atoms with Gasteiger partial charge >= 0.3 is 0 Å². The van der Waals surface area contributed by atoms with Crippen molar-refractivity contribution in [2.24, 2.45) is 0 Å². The van der Waals surface area contributed by atoms with Crippen molar-refractivity contribution in [1.29, 1.82) is 0 Å². The number of rotatable bonds is 3. The molecule has 0 saturated carbocycles. The summed E-state index contributed by atoms with van der Waals surface area (Å²) in [5.41, 5.74) is 4.61. The molecule has 0 spiro atoms. The van der Waals surface area contributed by atoms with Gasteiger partial charge in [-0.15, -0.1) is 9.24 Å². The molecule has 1 atom stereocenters. The third kappa shape index (κ3) is 2.22. The molecule has 0 bridgehead atoms. The molecule has 2 heteroatoms. The van der Waals surface area contributed by atoms with Gasteiger partial charge in [0.1, 0.15) is 0 Å². The summed E-state index contributed by atoms with van der Waals surface area (Å²) in [5.74, 6) is 0. The van der Waals surface area contributed by atoms with Gasteiger partial charge in [0.25, 0.3) is 0 Å². The van der Waals surface area contributed by atoms with Crippen molar-refractivity contribution in [2.75, 3.05) is 0 Å². The zero-order valence-electron chi connectivity index (χ0n) is 12.9. The van der Waals surface area contributed by atoms with E-state index in [0.717, 1.165) is 11.3 Å². The Morgan fingerprint density at radius 3 is 1.95 bits per heavy atom. The van der Waals surface area contributed by atoms with Crippen molar-refractivity contribution in [2.45, 2.75) is 51.9 Å². The first-order valence-electron chi connectivity index (χ1n) is 7.62. The normalized spacial score (nSPS) is 14.2. The average Bonchev–Trinajstić information content (AvgIpc) is 2.78. The topological polar surface area (TPSA) is 0 Å². The molecular formula is C18H24P2. The molecule has 1 unspecified atom stereocenters. The highest BCUT2D eigenvalue weighted by atomic mass is 31.1. The third-order valence-electron chi connectivity index (χ3n) is 4.40. The van der Waals surface area contributed by atoms with E-state index in [2.05, 4.69) is 61.2 Å². The van der Waals surface area contributed by atoms with Gasteiger partial charge in [-0.25, -0.2) is 0 Å². The highest BCUT2D eigenvalue weighted by molar-refractivity contribution is 7.67. The fourth-order valence-corrected chi connectivity index (χ4v) is 7.27. The van der Waals surface area contributed by atoms with Crippen LogP contribution >= 0.6 is 17.2 Å². The zero-order chi connectivity index (χ0) is 14.4. The molecule has 20 heavy (non-hydrogen) atoms. The van der Waals surface area contributed by atoms with Gasteiger partial charge in [0.15, 0.2) is 0 Å². The van der Waals surface area contributed by atoms with Gasteiger partial charge in [-0.1, -0.05) is 59.9 Å². The molecule has 0 radical (unpaired) electrons. The lowest BCUT2D eigenvalue weighted by Gasteiger charge is -2.28. The summed E-state index contributed by atoms with van der Waals surface area (Å²) in [6.45, 7) is 9.55. The standard InChI is InChI=1S/C18H24P2/c1-11(2)20(12(3)4)16-10-8-14-6-5-13-7-9-15(19)18(16)17(13)14/h7-12H,5-6,19H2,1-4H3. The largest absolute Gasteiger partial charge is 0.105 e. The highest BCUT2D eigenvalue weighted by Crippen LogP contribution is 2.47. The van der Waals surface area contributed by atoms with E-state index in [9.17, 15) is 0 Å². The van der Waals surface area contributed by atoms with Crippen LogP contribution in [0, 0.1) is 0 Å². The molecule has 0 aliphatic heterocycles. The second kappa shape index (κ2) is 5.40. The lowest BCUT2D eigenvalue weighted by atomic mass is 10.1. The molecule has 2 aromatic rings. The summed E-state index contributed by atoms with van der Waals surface area (Å²) in [4.78, 5) is 0. The van der Waals surface area contributed by atoms with Crippen LogP contribution in [0.4, 0.5) is 0 Å². The molecule has 0 N–H and O–H groups in total. The fraction of sp³-hybridized carbons (Fsp3) is 0.444. The third-order valence-corrected chi connectivity index (χ3v) is 8.03. The predicted octanol–water partition coefficient (Wildman–Crippen LogP) is 4.36. The summed E-state index contributed by atoms with van der Waals surface area (Å²) in [6.07, 6.45) is 2.45. The van der Waals surface area contributed by atoms with Crippen LogP contribution in [-0.2, 0) is 12.8 Å². The summed E-state index contributed by atoms with van der Waals surface area (Å²) in [6, 6.07) is 9.47. The molecule has 1 aliphatic carbocycles. The van der Waals surface area contributed by atoms with Crippen LogP contribution in [-0.4, -0.2) is 11.3 Å². The van der Waals surface area contributed by atoms with Gasteiger partial charge in [-0.05, 0) is 56.7 Å². The first-order valence-corrected chi connectivity index (χ1v) is 9.67. The number of hydrogen-bond donors (Lipinski definition) is 0. The molecule has 0 aromatic heterocycles. The zero-order valence-corrected chi connectivity index (χ0v) is 15.0. The van der Waals surface area contributed by atoms with Crippen LogP contribution in [0.3, 0.4) is 0 Å². The molecule has 2 aromatic carbocycles. The Hall–Kier alpha value is -0.440. The van der Waals surface area contributed by atoms with Gasteiger partial charge < -0.3 is 0 Å². The van der Waals surface area contributed by atoms with Crippen LogP contribution < -0.4 is 10.6 Å². The van der Waals surface area contributed by atoms with Gasteiger partial charge in [-0.2, -0.15) is 0 Å². The Morgan fingerprint density at radius 1 is 0.850 bits per heavy atom. The Bertz CT molecular complexity index is 638. The monoisotopic (exact) mass is 302 g/mol. The quantitative estimate of drug-likeness (QED) is 0.739. The lowest BCUT2D eigenvalue weighted by molar-refractivity contribution is 1.02. The van der Waals surface area contributed by atoms with E-state index < -0.39 is 0 Å². The Labute approximate surface area is 126 Å². The molecule has 106 valence electrons. The maximum absolute atomic E-state index is 2.97. The van der Waals surface area contributed by atoms with Crippen molar-refractivity contribution in [3.05, 3.63) is 35.4 Å². The van der Waals surface area contributed by atoms with E-state index in [1.54, 1.807) is 27.2 Å². The van der Waals surface area contributed by atoms with E-state index >= 15 is 0 Å². The van der Waals surface area contributed by atoms with Crippen molar-refractivity contribution in [3.63, 3.8) is 0 Å². The maximum Gasteiger partial charge on any atom is -0.00295 e. The Morgan fingerprint density at radius 2 is 1.40 bits per heavy atom. The van der Waals surface area contributed by atoms with E-state index in [-0.39, 0.29) is 7.92 Å². The van der Waals surface area contributed by atoms with Gasteiger partial charge in [0, 0.05) is 0 Å². The predicted molar refractivity (Wildman–Crippen MR) is 97.5 cm³/mol. The van der Waals surface area contributed by atoms with Crippen LogP contribution in [0.15, 0.2) is 24.3 Å². The van der Waals surface area contributed by atoms with E-state index in [1.165, 1.54) is 18.1 Å². The average molecular weight is 302 g/mol. The molecule has 0 amide bonds. The van der Waals surface area contributed by atoms with Crippen LogP contribution in [0.1, 0.15) is 38.8 Å². The second-order valence-corrected chi connectivity index (χ2v) is 10.4. The summed E-state index contributed by atoms with van der Waals surface area (Å²) in [5, 5.41) is 6.13. The van der Waals surface area contributed by atoms with E-state index in [1.807, 2.05) is 0 Å². The van der Waals surface area contributed by atoms with Crippen molar-refractivity contribution in [3.8, 4) is 0 Å². The molecule has 0 heterocycles. The maximum atomic E-state index is 2.97. The molecule has 3 rings (SSSR count). The molecule has 0 nitrogen and oxygen atoms in total. The first-order chi connectivity index (χ1) is 9.50. The van der Waals surface area contributed by atoms with E-state index in [0.29, 0.717) is 0 Å². The fourth-order valence-electron chi connectivity index (χ4n) is 3.70. The van der Waals surface area contributed by atoms with Crippen LogP contribution in [0.2, 0.25) is 0 Å². The Kier molecular flexibility index (Phi) is 3.91. The Balaban J connectivity index is 2.33. The number of hydrogen-bond acceptors (Lipinski definition) is 0. The summed E-state index contributed by atoms with van der Waals surface area (Å²) >= 11 is 0. The van der Waals surface area contributed by atoms with Crippen molar-refractivity contribution < 1.29 is 0 Å². The minimum Gasteiger partial charge on any atom is -0.105 e. The van der Waals surface area contributed by atoms with E-state index in [4.69, 9.17) is 0 Å². The minimum absolute atomic E-state index is 0.100. The van der Waals surface area contributed by atoms with Crippen molar-refractivity contribution >= 4 is 38.5 Å². The molecule has 0 fully saturated rings. The number of benzene rings is 2. The first kappa shape index (κ1) is 14.5. The van der Waals surface area contributed by atoms with Gasteiger partial charge in [-0.3, -0.25) is 0 Å². The van der Waals surface area contributed by atoms with Gasteiger partial charge in [0.2, 0.25) is 0 Å². The lowest BCUT2D eigenvalue weighted by Crippen LogP contribution is -2.19. The SMILES string of the molecule is CC(C)P(c1ccc2c3c(ccc(P)c13)CC2)C(C)C. The highest BCUT2D eigenvalue weighted by Gasteiger charge is 2.25. The van der Waals surface area contributed by atoms with Crippen molar-refractivity contribution in [1.82, 2.24) is 0 Å². The minimum atomic E-state index is -0.100. The molecule has 1 aliphatic rings. The summed E-state index contributed by atoms with van der Waals surface area (Å²) in [7, 11) is 2.87. The van der Waals surface area contributed by atoms with Crippen LogP contribution in [0.5, 0.6) is 0 Å². The molecule has 0 saturated heterocycles. The smallest absolute Gasteiger partial charge is 0.00295 e. The number of aryl methyl sites for hydroxylation is 2. The van der Waals surface area contributed by atoms with Crippen LogP contribution in [0.25, 0.3) is 10.8 Å².